The molecule has 3 saturated heterocycles. The number of dihydropyridines is 1. The van der Waals surface area contributed by atoms with Crippen LogP contribution < -0.4 is 52.4 Å². The van der Waals surface area contributed by atoms with Gasteiger partial charge in [0.2, 0.25) is 12.2 Å². The number of fused-ring (bicyclic) bond motifs is 7. The molecular formula is C59H76N8O14. The lowest BCUT2D eigenvalue weighted by molar-refractivity contribution is -0.317. The Morgan fingerprint density at radius 1 is 0.963 bits per heavy atom. The molecule has 3 aromatic rings. The lowest BCUT2D eigenvalue weighted by Crippen LogP contribution is -2.70. The second-order valence-corrected chi connectivity index (χ2v) is 22.7. The number of nitrogens with one attached hydrogen (secondary N) is 5. The number of hydrogen-bond acceptors (Lipinski definition) is 21. The van der Waals surface area contributed by atoms with Crippen molar-refractivity contribution in [2.75, 3.05) is 51.1 Å². The van der Waals surface area contributed by atoms with E-state index in [9.17, 15) is 35.1 Å². The zero-order valence-corrected chi connectivity index (χ0v) is 45.4. The summed E-state index contributed by atoms with van der Waals surface area (Å²) in [7, 11) is 0. The van der Waals surface area contributed by atoms with Gasteiger partial charge in [0, 0.05) is 71.6 Å². The maximum atomic E-state index is 15.4. The van der Waals surface area contributed by atoms with Gasteiger partial charge in [-0.15, -0.1) is 0 Å². The van der Waals surface area contributed by atoms with Crippen LogP contribution >= 0.6 is 0 Å². The van der Waals surface area contributed by atoms with E-state index in [1.54, 1.807) is 12.1 Å². The van der Waals surface area contributed by atoms with Gasteiger partial charge in [-0.25, -0.2) is 0 Å². The largest absolute Gasteiger partial charge is 0.486 e. The number of aliphatic hydroxyl groups excluding tert-OH is 5. The summed E-state index contributed by atoms with van der Waals surface area (Å²) in [6, 6.07) is 13.3. The Hall–Kier alpha value is -5.86. The van der Waals surface area contributed by atoms with Crippen LogP contribution in [-0.4, -0.2) is 162 Å². The molecule has 1 amide bonds. The third kappa shape index (κ3) is 11.1. The standard InChI is InChI=1S/C59H76N8O14/c60-54-41(26-63-34-9-1-2-10-34)32(15-20-62-54)17-23-77-52-48(74)49(75)53-59(18-5-6-19-59)79-28-33(8-7-21-68)43(37-11-3-4-12-42(37)67-30-64-45-55(67)65-58(61)66-56(45)76)40-25-39-44(47(73)38-24-31(27-70)13-14-36(38)46(39)72)51(50(40)80-57(52)81-53)78-29-35(71)16-22-69/h3-4,11-15,22,24-25,33-35,43,45,48-49,52-53,55,57-58,62-65,68,70-71,74-75H,1-2,5-10,16-21,23,26-30,60-61H2,(H,66,76)/t33-,35-,43+,45-,48-,49-,52+,53-,55-,57+,58-/m1/s1. The van der Waals surface area contributed by atoms with Crippen molar-refractivity contribution in [2.24, 2.45) is 17.4 Å². The first kappa shape index (κ1) is 57.0. The van der Waals surface area contributed by atoms with E-state index < -0.39 is 97.5 Å². The van der Waals surface area contributed by atoms with Crippen LogP contribution in [0.5, 0.6) is 11.5 Å². The minimum Gasteiger partial charge on any atom is -0.486 e. The van der Waals surface area contributed by atoms with Gasteiger partial charge in [-0.2, -0.15) is 0 Å². The van der Waals surface area contributed by atoms with E-state index in [1.807, 2.05) is 35.2 Å². The number of para-hydroxylation sites is 1. The van der Waals surface area contributed by atoms with Crippen LogP contribution in [0.1, 0.15) is 132 Å². The number of carbonyl (C=O) groups excluding carboxylic acids is 4. The summed E-state index contributed by atoms with van der Waals surface area (Å²) in [5.41, 5.74) is 15.3. The highest BCUT2D eigenvalue weighted by molar-refractivity contribution is 6.29. The molecule has 11 atom stereocenters. The minimum atomic E-state index is -1.64. The summed E-state index contributed by atoms with van der Waals surface area (Å²) >= 11 is 0. The summed E-state index contributed by atoms with van der Waals surface area (Å²) in [6.07, 6.45) is -0.286. The van der Waals surface area contributed by atoms with Crippen molar-refractivity contribution >= 4 is 29.4 Å². The Bertz CT molecular complexity index is 2910. The summed E-state index contributed by atoms with van der Waals surface area (Å²) < 4.78 is 35.0. The molecule has 3 aromatic carbocycles. The first-order chi connectivity index (χ1) is 39.3. The first-order valence-corrected chi connectivity index (χ1v) is 28.7. The fourth-order valence-electron chi connectivity index (χ4n) is 13.6. The van der Waals surface area contributed by atoms with Crippen LogP contribution in [0.2, 0.25) is 0 Å². The van der Waals surface area contributed by atoms with Gasteiger partial charge in [0.15, 0.2) is 23.1 Å². The van der Waals surface area contributed by atoms with Crippen molar-refractivity contribution in [3.05, 3.63) is 111 Å². The number of nitrogens with two attached hydrogens (primary N) is 2. The van der Waals surface area contributed by atoms with E-state index in [2.05, 4.69) is 26.6 Å². The maximum Gasteiger partial charge on any atom is 0.242 e. The van der Waals surface area contributed by atoms with E-state index in [4.69, 9.17) is 35.2 Å². The number of hydrogen-bond donors (Lipinski definition) is 12. The van der Waals surface area contributed by atoms with Crippen molar-refractivity contribution in [2.45, 2.75) is 157 Å². The maximum absolute atomic E-state index is 15.4. The van der Waals surface area contributed by atoms with E-state index >= 15 is 9.59 Å². The molecule has 5 aliphatic heterocycles. The lowest BCUT2D eigenvalue weighted by atomic mass is 9.74. The zero-order chi connectivity index (χ0) is 56.5. The number of ether oxygens (including phenoxy) is 5. The molecule has 14 N–H and O–H groups in total. The first-order valence-electron chi connectivity index (χ1n) is 28.7. The van der Waals surface area contributed by atoms with Gasteiger partial charge >= 0.3 is 0 Å². The third-order valence-corrected chi connectivity index (χ3v) is 17.8. The van der Waals surface area contributed by atoms with Crippen LogP contribution in [0.3, 0.4) is 0 Å². The van der Waals surface area contributed by atoms with Gasteiger partial charge < -0.3 is 80.6 Å². The van der Waals surface area contributed by atoms with Crippen LogP contribution in [0, 0.1) is 5.92 Å². The number of ketones is 2. The zero-order valence-electron chi connectivity index (χ0n) is 45.4. The van der Waals surface area contributed by atoms with E-state index in [0.29, 0.717) is 92.1 Å². The molecule has 2 bridgehead atoms. The number of amides is 1. The fraction of sp³-hybridized carbons (Fsp3) is 0.559. The summed E-state index contributed by atoms with van der Waals surface area (Å²) in [4.78, 5) is 57.9. The van der Waals surface area contributed by atoms with Crippen molar-refractivity contribution in [3.63, 3.8) is 0 Å². The van der Waals surface area contributed by atoms with Gasteiger partial charge in [-0.1, -0.05) is 56.0 Å². The summed E-state index contributed by atoms with van der Waals surface area (Å²) in [5, 5.41) is 73.5. The number of rotatable bonds is 18. The quantitative estimate of drug-likeness (QED) is 0.0619. The molecule has 0 unspecified atom stereocenters. The highest BCUT2D eigenvalue weighted by Gasteiger charge is 2.58. The Labute approximate surface area is 469 Å². The monoisotopic (exact) mass is 1120 g/mol. The Balaban J connectivity index is 1.10. The molecule has 81 heavy (non-hydrogen) atoms. The number of anilines is 1. The van der Waals surface area contributed by atoms with Crippen molar-refractivity contribution in [1.82, 2.24) is 26.6 Å². The highest BCUT2D eigenvalue weighted by atomic mass is 16.7. The average molecular weight is 1120 g/mol. The number of carbonyl (C=O) groups is 4. The van der Waals surface area contributed by atoms with Crippen LogP contribution in [-0.2, 0) is 30.4 Å². The minimum absolute atomic E-state index is 0.00620. The molecule has 22 nitrogen and oxygen atoms in total. The van der Waals surface area contributed by atoms with Crippen molar-refractivity contribution < 1.29 is 68.4 Å². The molecule has 2 saturated carbocycles. The Kier molecular flexibility index (Phi) is 17.3. The summed E-state index contributed by atoms with van der Waals surface area (Å²) in [6.45, 7) is 0.0463. The molecule has 5 fully saturated rings. The second-order valence-electron chi connectivity index (χ2n) is 22.7. The lowest BCUT2D eigenvalue weighted by Gasteiger charge is -2.48. The average Bonchev–Trinajstić information content (AvgIpc) is 4.33. The van der Waals surface area contributed by atoms with Gasteiger partial charge in [0.1, 0.15) is 61.6 Å². The molecule has 3 aliphatic carbocycles. The van der Waals surface area contributed by atoms with E-state index in [0.717, 1.165) is 36.8 Å². The van der Waals surface area contributed by atoms with E-state index in [1.165, 1.54) is 12.1 Å². The number of aldehydes is 1. The number of aliphatic hydroxyl groups is 5. The Morgan fingerprint density at radius 3 is 2.54 bits per heavy atom. The Morgan fingerprint density at radius 2 is 1.77 bits per heavy atom. The predicted molar refractivity (Wildman–Crippen MR) is 294 cm³/mol. The highest BCUT2D eigenvalue weighted by Crippen LogP contribution is 2.53. The molecule has 22 heteroatoms. The van der Waals surface area contributed by atoms with Gasteiger partial charge in [-0.05, 0) is 91.8 Å². The number of nitrogens with zero attached hydrogens (tertiary/aromatic N) is 1. The summed E-state index contributed by atoms with van der Waals surface area (Å²) in [5.74, 6) is -2.83. The van der Waals surface area contributed by atoms with E-state index in [-0.39, 0.29) is 79.0 Å². The molecular weight excluding hydrogens is 1040 g/mol. The van der Waals surface area contributed by atoms with Crippen molar-refractivity contribution in [3.8, 4) is 11.5 Å². The van der Waals surface area contributed by atoms with Gasteiger partial charge in [0.05, 0.1) is 43.8 Å². The smallest absolute Gasteiger partial charge is 0.242 e. The van der Waals surface area contributed by atoms with Crippen LogP contribution in [0.15, 0.2) is 71.6 Å². The molecule has 5 heterocycles. The number of benzene rings is 3. The van der Waals surface area contributed by atoms with Gasteiger partial charge in [0.25, 0.3) is 0 Å². The molecule has 1 spiro atoms. The molecule has 0 radical (unpaired) electrons. The van der Waals surface area contributed by atoms with Crippen LogP contribution in [0.25, 0.3) is 0 Å². The topological polar surface area (TPSA) is 331 Å². The van der Waals surface area contributed by atoms with Crippen LogP contribution in [0.4, 0.5) is 5.69 Å². The molecule has 0 aromatic heterocycles. The molecule has 11 rings (SSSR count). The molecule has 436 valence electrons. The predicted octanol–water partition coefficient (Wildman–Crippen LogP) is 1.00. The normalized spacial score (nSPS) is 29.4. The second kappa shape index (κ2) is 24.5. The van der Waals surface area contributed by atoms with Gasteiger partial charge in [-0.3, -0.25) is 30.8 Å². The third-order valence-electron chi connectivity index (χ3n) is 17.8. The SMILES string of the molecule is NC1=C(CNC2CCCC2)C(CCO[C@@H]2[C@H]3Oc4c(cc5c(c4OC[C@H](O)CC=O)C(=O)c4cc(CO)ccc4C5=O)[C@H](c4ccccc4N4CN[C@H]5C(=O)N[C@H](N)N[C@@H]54)[C@H](CCCO)COC4(CCCC4)[C@H](O3)[C@H](O)[C@H]2O)=CCN1. The van der Waals surface area contributed by atoms with Crippen molar-refractivity contribution in [1.29, 1.82) is 0 Å². The molecule has 8 aliphatic rings. The fourth-order valence-corrected chi connectivity index (χ4v) is 13.6.